The zero-order chi connectivity index (χ0) is 23.1. The lowest BCUT2D eigenvalue weighted by Crippen LogP contribution is -2.37. The van der Waals surface area contributed by atoms with E-state index in [0.717, 1.165) is 0 Å². The van der Waals surface area contributed by atoms with Crippen LogP contribution in [-0.2, 0) is 19.1 Å². The maximum atomic E-state index is 12.9. The molecule has 32 heavy (non-hydrogen) atoms. The molecule has 0 radical (unpaired) electrons. The largest absolute Gasteiger partial charge is 0.493 e. The molecule has 2 N–H and O–H groups in total. The van der Waals surface area contributed by atoms with Crippen LogP contribution in [-0.4, -0.2) is 45.2 Å². The zero-order valence-electron chi connectivity index (χ0n) is 18.1. The first-order valence-electron chi connectivity index (χ1n) is 10.0. The Hall–Kier alpha value is -4.01. The number of rotatable bonds is 8. The number of fused-ring (bicyclic) bond motifs is 1. The molecule has 3 rings (SSSR count). The molecule has 1 aliphatic heterocycles. The number of benzene rings is 2. The van der Waals surface area contributed by atoms with E-state index in [1.54, 1.807) is 49.4 Å². The van der Waals surface area contributed by atoms with E-state index in [9.17, 15) is 14.4 Å². The molecule has 0 atom stereocenters. The number of ether oxygens (including phenoxy) is 3. The molecule has 2 aromatic carbocycles. The molecule has 0 bridgehead atoms. The predicted octanol–water partition coefficient (Wildman–Crippen LogP) is 2.94. The Morgan fingerprint density at radius 3 is 2.53 bits per heavy atom. The molecule has 168 valence electrons. The monoisotopic (exact) mass is 439 g/mol. The first kappa shape index (κ1) is 22.7. The fourth-order valence-corrected chi connectivity index (χ4v) is 3.25. The lowest BCUT2D eigenvalue weighted by molar-refractivity contribution is -0.142. The number of para-hydroxylation sites is 2. The molecule has 0 aromatic heterocycles. The highest BCUT2D eigenvalue weighted by molar-refractivity contribution is 6.10. The molecule has 0 unspecified atom stereocenters. The van der Waals surface area contributed by atoms with Gasteiger partial charge in [-0.25, -0.2) is 0 Å². The van der Waals surface area contributed by atoms with Gasteiger partial charge in [-0.2, -0.15) is 0 Å². The number of hydrogen-bond acceptors (Lipinski definition) is 7. The summed E-state index contributed by atoms with van der Waals surface area (Å²) in [5.74, 6) is -0.271. The van der Waals surface area contributed by atoms with Gasteiger partial charge in [0.1, 0.15) is 6.54 Å². The van der Waals surface area contributed by atoms with Crippen LogP contribution in [0.2, 0.25) is 0 Å². The van der Waals surface area contributed by atoms with E-state index >= 15 is 0 Å². The lowest BCUT2D eigenvalue weighted by atomic mass is 10.2. The van der Waals surface area contributed by atoms with E-state index in [1.165, 1.54) is 25.2 Å². The molecule has 0 saturated heterocycles. The number of carbonyl (C=O) groups excluding carboxylic acids is 3. The van der Waals surface area contributed by atoms with Crippen molar-refractivity contribution in [2.45, 2.75) is 13.3 Å². The van der Waals surface area contributed by atoms with Gasteiger partial charge in [-0.3, -0.25) is 19.3 Å². The number of amides is 2. The molecule has 0 saturated carbocycles. The highest BCUT2D eigenvalue weighted by atomic mass is 16.5. The maximum Gasteiger partial charge on any atom is 0.311 e. The molecule has 1 aliphatic rings. The fourth-order valence-electron chi connectivity index (χ4n) is 3.25. The normalized spacial score (nSPS) is 12.7. The summed E-state index contributed by atoms with van der Waals surface area (Å²) in [7, 11) is 3.03. The van der Waals surface area contributed by atoms with Crippen molar-refractivity contribution in [1.82, 2.24) is 0 Å². The summed E-state index contributed by atoms with van der Waals surface area (Å²) >= 11 is 0. The lowest BCUT2D eigenvalue weighted by Gasteiger charge is -2.22. The van der Waals surface area contributed by atoms with Gasteiger partial charge in [-0.1, -0.05) is 12.1 Å². The molecule has 0 spiro atoms. The summed E-state index contributed by atoms with van der Waals surface area (Å²) in [5.41, 5.74) is 2.02. The quantitative estimate of drug-likeness (QED) is 0.609. The number of esters is 1. The molecule has 1 heterocycles. The Morgan fingerprint density at radius 2 is 1.81 bits per heavy atom. The van der Waals surface area contributed by atoms with Crippen LogP contribution in [0.1, 0.15) is 13.3 Å². The van der Waals surface area contributed by atoms with Gasteiger partial charge in [0.05, 0.1) is 38.6 Å². The maximum absolute atomic E-state index is 12.9. The number of nitrogens with one attached hydrogen (secondary N) is 2. The van der Waals surface area contributed by atoms with Crippen molar-refractivity contribution >= 4 is 34.8 Å². The van der Waals surface area contributed by atoms with Crippen LogP contribution in [0.3, 0.4) is 0 Å². The molecule has 2 amide bonds. The first-order chi connectivity index (χ1) is 15.4. The number of methoxy groups -OCH3 is 2. The van der Waals surface area contributed by atoms with Crippen molar-refractivity contribution in [2.24, 2.45) is 0 Å². The van der Waals surface area contributed by atoms with Gasteiger partial charge in [-0.05, 0) is 31.2 Å². The molecule has 9 nitrogen and oxygen atoms in total. The van der Waals surface area contributed by atoms with Crippen molar-refractivity contribution in [2.75, 3.05) is 42.9 Å². The highest BCUT2D eigenvalue weighted by Crippen LogP contribution is 2.32. The zero-order valence-corrected chi connectivity index (χ0v) is 18.1. The summed E-state index contributed by atoms with van der Waals surface area (Å²) in [5, 5.41) is 5.86. The van der Waals surface area contributed by atoms with Gasteiger partial charge in [0, 0.05) is 23.5 Å². The van der Waals surface area contributed by atoms with Crippen LogP contribution in [0.5, 0.6) is 11.5 Å². The van der Waals surface area contributed by atoms with Gasteiger partial charge in [0.2, 0.25) is 5.91 Å². The predicted molar refractivity (Wildman–Crippen MR) is 120 cm³/mol. The molecule has 9 heteroatoms. The summed E-state index contributed by atoms with van der Waals surface area (Å²) in [6, 6.07) is 12.0. The minimum atomic E-state index is -0.448. The van der Waals surface area contributed by atoms with Crippen LogP contribution < -0.4 is 25.0 Å². The van der Waals surface area contributed by atoms with Crippen LogP contribution in [0.4, 0.5) is 17.1 Å². The van der Waals surface area contributed by atoms with E-state index in [4.69, 9.17) is 14.2 Å². The third-order valence-electron chi connectivity index (χ3n) is 4.66. The number of carbonyl (C=O) groups is 3. The number of hydrogen-bond donors (Lipinski definition) is 2. The van der Waals surface area contributed by atoms with Gasteiger partial charge in [-0.15, -0.1) is 0 Å². The molecular formula is C23H25N3O6. The molecular weight excluding hydrogens is 414 g/mol. The van der Waals surface area contributed by atoms with Crippen molar-refractivity contribution < 1.29 is 28.6 Å². The van der Waals surface area contributed by atoms with Crippen molar-refractivity contribution in [3.8, 4) is 11.5 Å². The molecule has 2 aromatic rings. The average Bonchev–Trinajstić information content (AvgIpc) is 2.89. The van der Waals surface area contributed by atoms with Crippen LogP contribution >= 0.6 is 0 Å². The third kappa shape index (κ3) is 5.37. The Morgan fingerprint density at radius 1 is 1.06 bits per heavy atom. The van der Waals surface area contributed by atoms with Crippen LogP contribution in [0.15, 0.2) is 54.2 Å². The second-order valence-corrected chi connectivity index (χ2v) is 6.84. The van der Waals surface area contributed by atoms with E-state index in [2.05, 4.69) is 10.6 Å². The van der Waals surface area contributed by atoms with Gasteiger partial charge in [0.25, 0.3) is 5.91 Å². The average molecular weight is 439 g/mol. The highest BCUT2D eigenvalue weighted by Gasteiger charge is 2.25. The Kier molecular flexibility index (Phi) is 7.33. The van der Waals surface area contributed by atoms with E-state index < -0.39 is 17.8 Å². The van der Waals surface area contributed by atoms with Gasteiger partial charge >= 0.3 is 5.97 Å². The number of anilines is 3. The summed E-state index contributed by atoms with van der Waals surface area (Å²) < 4.78 is 15.4. The third-order valence-corrected chi connectivity index (χ3v) is 4.66. The van der Waals surface area contributed by atoms with Crippen LogP contribution in [0.25, 0.3) is 0 Å². The summed E-state index contributed by atoms with van der Waals surface area (Å²) in [4.78, 5) is 38.9. The Bertz CT molecular complexity index is 1050. The van der Waals surface area contributed by atoms with Crippen molar-refractivity contribution in [3.63, 3.8) is 0 Å². The van der Waals surface area contributed by atoms with E-state index in [0.29, 0.717) is 34.3 Å². The molecule has 0 aliphatic carbocycles. The topological polar surface area (TPSA) is 106 Å². The Labute approximate surface area is 185 Å². The van der Waals surface area contributed by atoms with E-state index in [-0.39, 0.29) is 19.6 Å². The fraction of sp³-hybridized carbons (Fsp3) is 0.261. The number of nitrogens with zero attached hydrogens (tertiary/aromatic N) is 1. The molecule has 0 fully saturated rings. The first-order valence-corrected chi connectivity index (χ1v) is 10.0. The Balaban J connectivity index is 1.80. The van der Waals surface area contributed by atoms with Gasteiger partial charge < -0.3 is 24.8 Å². The SMILES string of the molecule is CCOC(=O)CC1=CC(=O)N(CC(=O)Nc2ccc(OC)c(OC)c2)c2ccccc2N1. The smallest absolute Gasteiger partial charge is 0.311 e. The van der Waals surface area contributed by atoms with Crippen LogP contribution in [0, 0.1) is 0 Å². The minimum absolute atomic E-state index is 0.0837. The standard InChI is InChI=1S/C23H25N3O6/c1-4-32-23(29)13-16-12-22(28)26(18-8-6-5-7-17(18)24-16)14-21(27)25-15-9-10-19(30-2)20(11-15)31-3/h5-12,24H,4,13-14H2,1-3H3,(H,25,27). The van der Waals surface area contributed by atoms with Crippen molar-refractivity contribution in [3.05, 3.63) is 54.2 Å². The summed E-state index contributed by atoms with van der Waals surface area (Å²) in [6.07, 6.45) is 1.22. The second-order valence-electron chi connectivity index (χ2n) is 6.84. The van der Waals surface area contributed by atoms with Gasteiger partial charge in [0.15, 0.2) is 11.5 Å². The second kappa shape index (κ2) is 10.3. The van der Waals surface area contributed by atoms with Crippen molar-refractivity contribution in [1.29, 1.82) is 0 Å². The van der Waals surface area contributed by atoms with E-state index in [1.807, 2.05) is 0 Å². The minimum Gasteiger partial charge on any atom is -0.493 e. The summed E-state index contributed by atoms with van der Waals surface area (Å²) in [6.45, 7) is 1.74.